The van der Waals surface area contributed by atoms with Crippen molar-refractivity contribution in [3.8, 4) is 5.75 Å². The van der Waals surface area contributed by atoms with E-state index in [0.29, 0.717) is 16.4 Å². The molecule has 9 heteroatoms. The zero-order valence-corrected chi connectivity index (χ0v) is 14.0. The summed E-state index contributed by atoms with van der Waals surface area (Å²) in [7, 11) is 1.54. The number of nitrogens with zero attached hydrogens (tertiary/aromatic N) is 2. The zero-order valence-electron chi connectivity index (χ0n) is 12.3. The number of para-hydroxylation sites is 1. The van der Waals surface area contributed by atoms with E-state index in [0.717, 1.165) is 4.70 Å². The van der Waals surface area contributed by atoms with Crippen molar-refractivity contribution in [3.63, 3.8) is 0 Å². The first-order valence-electron chi connectivity index (χ1n) is 6.73. The van der Waals surface area contributed by atoms with Crippen LogP contribution in [0, 0.1) is 0 Å². The summed E-state index contributed by atoms with van der Waals surface area (Å²) in [6, 6.07) is 8.41. The van der Waals surface area contributed by atoms with Crippen molar-refractivity contribution in [2.24, 2.45) is 0 Å². The monoisotopic (exact) mass is 367 g/mol. The Hall–Kier alpha value is -2.26. The predicted octanol–water partition coefficient (Wildman–Crippen LogP) is 4.27. The molecule has 0 saturated heterocycles. The molecule has 2 aromatic heterocycles. The molecule has 1 N–H and O–H groups in total. The third-order valence-electron chi connectivity index (χ3n) is 3.04. The third kappa shape index (κ3) is 3.46. The van der Waals surface area contributed by atoms with Gasteiger partial charge in [-0.25, -0.2) is 9.97 Å². The van der Waals surface area contributed by atoms with Crippen molar-refractivity contribution in [3.05, 3.63) is 42.1 Å². The molecule has 0 radical (unpaired) electrons. The number of nitrogens with one attached hydrogen (secondary N) is 1. The number of carbonyl (C=O) groups excluding carboxylic acids is 1. The number of pyridine rings is 1. The van der Waals surface area contributed by atoms with E-state index < -0.39 is 11.7 Å². The molecule has 5 nitrogen and oxygen atoms in total. The first-order valence-corrected chi connectivity index (χ1v) is 8.43. The number of thioether (sulfide) groups is 1. The van der Waals surface area contributed by atoms with Gasteiger partial charge in [0.2, 0.25) is 0 Å². The lowest BCUT2D eigenvalue weighted by Crippen LogP contribution is -2.13. The fourth-order valence-electron chi connectivity index (χ4n) is 2.05. The highest BCUT2D eigenvalue weighted by molar-refractivity contribution is 7.99. The topological polar surface area (TPSA) is 64.1 Å². The number of aromatic nitrogens is 2. The fraction of sp³-hybridized carbons (Fsp3) is 0.133. The van der Waals surface area contributed by atoms with E-state index in [4.69, 9.17) is 4.74 Å². The van der Waals surface area contributed by atoms with Crippen molar-refractivity contribution in [1.82, 2.24) is 9.97 Å². The number of amides is 1. The number of methoxy groups -OCH3 is 1. The van der Waals surface area contributed by atoms with Crippen molar-refractivity contribution in [2.75, 3.05) is 12.4 Å². The Morgan fingerprint density at radius 3 is 2.92 bits per heavy atom. The van der Waals surface area contributed by atoms with Crippen molar-refractivity contribution >= 4 is 44.4 Å². The summed E-state index contributed by atoms with van der Waals surface area (Å²) in [4.78, 5) is 20.5. The van der Waals surface area contributed by atoms with Gasteiger partial charge in [0.05, 0.1) is 17.4 Å². The molecule has 0 aliphatic rings. The molecule has 124 valence electrons. The lowest BCUT2D eigenvalue weighted by Gasteiger charge is -2.06. The second-order valence-corrected chi connectivity index (χ2v) is 6.52. The maximum Gasteiger partial charge on any atom is 0.290 e. The Morgan fingerprint density at radius 2 is 2.17 bits per heavy atom. The van der Waals surface area contributed by atoms with E-state index in [2.05, 4.69) is 15.3 Å². The number of rotatable bonds is 5. The van der Waals surface area contributed by atoms with Gasteiger partial charge in [-0.05, 0) is 36.0 Å². The van der Waals surface area contributed by atoms with Gasteiger partial charge in [-0.15, -0.1) is 0 Å². The number of fused-ring (bicyclic) bond motifs is 1. The Labute approximate surface area is 144 Å². The van der Waals surface area contributed by atoms with Gasteiger partial charge in [-0.2, -0.15) is 8.78 Å². The average molecular weight is 367 g/mol. The molecule has 1 amide bonds. The van der Waals surface area contributed by atoms with E-state index >= 15 is 0 Å². The van der Waals surface area contributed by atoms with Crippen LogP contribution < -0.4 is 10.1 Å². The molecule has 2 heterocycles. The first kappa shape index (κ1) is 16.6. The highest BCUT2D eigenvalue weighted by Crippen LogP contribution is 2.33. The van der Waals surface area contributed by atoms with Crippen LogP contribution in [-0.4, -0.2) is 28.7 Å². The molecule has 0 aliphatic heterocycles. The number of carbonyl (C=O) groups is 1. The van der Waals surface area contributed by atoms with Gasteiger partial charge >= 0.3 is 0 Å². The second-order valence-electron chi connectivity index (χ2n) is 4.51. The molecule has 0 saturated carbocycles. The van der Waals surface area contributed by atoms with Crippen LogP contribution in [0.25, 0.3) is 10.2 Å². The molecular weight excluding hydrogens is 356 g/mol. The van der Waals surface area contributed by atoms with Crippen LogP contribution in [0.4, 0.5) is 13.9 Å². The minimum atomic E-state index is -2.65. The molecule has 0 bridgehead atoms. The highest BCUT2D eigenvalue weighted by Gasteiger charge is 2.18. The summed E-state index contributed by atoms with van der Waals surface area (Å²) in [6.45, 7) is 0. The van der Waals surface area contributed by atoms with Gasteiger partial charge < -0.3 is 4.74 Å². The summed E-state index contributed by atoms with van der Waals surface area (Å²) in [5.74, 6) is -2.60. The number of halogens is 2. The molecule has 0 aliphatic carbocycles. The molecule has 0 atom stereocenters. The number of thiazole rings is 1. The molecule has 3 aromatic rings. The normalized spacial score (nSPS) is 11.0. The molecular formula is C15H11F2N3O2S2. The molecule has 0 unspecified atom stereocenters. The van der Waals surface area contributed by atoms with E-state index in [1.54, 1.807) is 6.07 Å². The maximum atomic E-state index is 12.6. The van der Waals surface area contributed by atoms with Crippen LogP contribution in [-0.2, 0) is 0 Å². The zero-order chi connectivity index (χ0) is 17.1. The third-order valence-corrected chi connectivity index (χ3v) is 4.70. The highest BCUT2D eigenvalue weighted by atomic mass is 32.2. The fourth-order valence-corrected chi connectivity index (χ4v) is 3.50. The standard InChI is InChI=1S/C15H11F2N3O2S2/c1-22-9-5-2-6-10-11(9)19-15(23-10)20-12(21)8-4-3-7-18-13(8)24-14(16)17/h2-7,14H,1H3,(H,19,20,21). The minimum absolute atomic E-state index is 0.0244. The van der Waals surface area contributed by atoms with Crippen LogP contribution in [0.1, 0.15) is 10.4 Å². The van der Waals surface area contributed by atoms with Crippen LogP contribution in [0.15, 0.2) is 41.6 Å². The number of ether oxygens (including phenoxy) is 1. The molecule has 0 spiro atoms. The summed E-state index contributed by atoms with van der Waals surface area (Å²) in [6.07, 6.45) is 1.37. The van der Waals surface area contributed by atoms with Gasteiger partial charge in [0, 0.05) is 6.20 Å². The summed E-state index contributed by atoms with van der Waals surface area (Å²) < 4.78 is 31.2. The van der Waals surface area contributed by atoms with E-state index in [-0.39, 0.29) is 22.4 Å². The van der Waals surface area contributed by atoms with E-state index in [1.165, 1.54) is 36.8 Å². The Balaban J connectivity index is 1.88. The molecule has 0 fully saturated rings. The van der Waals surface area contributed by atoms with Gasteiger partial charge in [0.25, 0.3) is 11.7 Å². The maximum absolute atomic E-state index is 12.6. The van der Waals surface area contributed by atoms with Crippen molar-refractivity contribution < 1.29 is 18.3 Å². The largest absolute Gasteiger partial charge is 0.494 e. The predicted molar refractivity (Wildman–Crippen MR) is 90.2 cm³/mol. The number of hydrogen-bond donors (Lipinski definition) is 1. The van der Waals surface area contributed by atoms with Crippen molar-refractivity contribution in [2.45, 2.75) is 10.8 Å². The van der Waals surface area contributed by atoms with Gasteiger partial charge in [-0.1, -0.05) is 17.4 Å². The Morgan fingerprint density at radius 1 is 1.33 bits per heavy atom. The summed E-state index contributed by atoms with van der Waals surface area (Å²) >= 11 is 1.50. The van der Waals surface area contributed by atoms with E-state index in [9.17, 15) is 13.6 Å². The number of alkyl halides is 2. The SMILES string of the molecule is COc1cccc2sc(NC(=O)c3cccnc3SC(F)F)nc12. The minimum Gasteiger partial charge on any atom is -0.494 e. The lowest BCUT2D eigenvalue weighted by molar-refractivity contribution is 0.102. The van der Waals surface area contributed by atoms with E-state index in [1.807, 2.05) is 12.1 Å². The number of anilines is 1. The van der Waals surface area contributed by atoms with Gasteiger partial charge in [-0.3, -0.25) is 10.1 Å². The van der Waals surface area contributed by atoms with Crippen LogP contribution in [0.5, 0.6) is 5.75 Å². The molecule has 1 aromatic carbocycles. The van der Waals surface area contributed by atoms with Crippen molar-refractivity contribution in [1.29, 1.82) is 0 Å². The summed E-state index contributed by atoms with van der Waals surface area (Å²) in [5.41, 5.74) is 0.711. The number of hydrogen-bond acceptors (Lipinski definition) is 6. The lowest BCUT2D eigenvalue weighted by atomic mass is 10.3. The van der Waals surface area contributed by atoms with Crippen LogP contribution in [0.3, 0.4) is 0 Å². The quantitative estimate of drug-likeness (QED) is 0.683. The Bertz CT molecular complexity index is 886. The van der Waals surface area contributed by atoms with Gasteiger partial charge in [0.1, 0.15) is 16.3 Å². The molecule has 24 heavy (non-hydrogen) atoms. The van der Waals surface area contributed by atoms with Crippen LogP contribution >= 0.6 is 23.1 Å². The summed E-state index contributed by atoms with van der Waals surface area (Å²) in [5, 5.41) is 2.96. The van der Waals surface area contributed by atoms with Gasteiger partial charge in [0.15, 0.2) is 5.13 Å². The number of benzene rings is 1. The van der Waals surface area contributed by atoms with Crippen LogP contribution in [0.2, 0.25) is 0 Å². The molecule has 3 rings (SSSR count). The first-order chi connectivity index (χ1) is 11.6. The Kier molecular flexibility index (Phi) is 4.91. The smallest absolute Gasteiger partial charge is 0.290 e. The average Bonchev–Trinajstić information content (AvgIpc) is 2.96. The second kappa shape index (κ2) is 7.10.